The third kappa shape index (κ3) is 2.98. The van der Waals surface area contributed by atoms with Gasteiger partial charge < -0.3 is 11.1 Å². The zero-order valence-electron chi connectivity index (χ0n) is 16.0. The Morgan fingerprint density at radius 1 is 0.893 bits per heavy atom. The maximum Gasteiger partial charge on any atom is 0.295 e. The lowest BCUT2D eigenvalue weighted by atomic mass is 9.89. The summed E-state index contributed by atoms with van der Waals surface area (Å²) in [6.45, 7) is 5.44. The number of hydrogen-bond donors (Lipinski definition) is 3. The fourth-order valence-corrected chi connectivity index (χ4v) is 4.93. The molecule has 0 heterocycles. The molecule has 0 atom stereocenters. The number of hydrogen-bond acceptors (Lipinski definition) is 4. The van der Waals surface area contributed by atoms with E-state index in [9.17, 15) is 13.0 Å². The van der Waals surface area contributed by atoms with Crippen LogP contribution in [0, 0.1) is 13.8 Å². The van der Waals surface area contributed by atoms with Gasteiger partial charge in [-0.1, -0.05) is 24.3 Å². The Hall–Kier alpha value is -2.41. The highest BCUT2D eigenvalue weighted by Crippen LogP contribution is 2.42. The summed E-state index contributed by atoms with van der Waals surface area (Å²) in [5, 5.41) is 9.13. The van der Waals surface area contributed by atoms with Gasteiger partial charge in [0.25, 0.3) is 10.1 Å². The summed E-state index contributed by atoms with van der Waals surface area (Å²) in [5.41, 5.74) is 8.57. The largest absolute Gasteiger partial charge is 0.385 e. The van der Waals surface area contributed by atoms with E-state index >= 15 is 0 Å². The Balaban J connectivity index is 2.07. The second-order valence-corrected chi connectivity index (χ2v) is 8.79. The molecule has 0 aliphatic heterocycles. The molecule has 0 bridgehead atoms. The maximum absolute atomic E-state index is 12.0. The average molecular weight is 397 g/mol. The first-order chi connectivity index (χ1) is 13.3. The van der Waals surface area contributed by atoms with Crippen molar-refractivity contribution < 1.29 is 13.0 Å². The van der Waals surface area contributed by atoms with Crippen LogP contribution in [0.4, 0.5) is 5.69 Å². The van der Waals surface area contributed by atoms with Gasteiger partial charge in [-0.2, -0.15) is 8.42 Å². The van der Waals surface area contributed by atoms with Crippen LogP contribution >= 0.6 is 0 Å². The van der Waals surface area contributed by atoms with Crippen LogP contribution in [0.3, 0.4) is 0 Å². The molecule has 4 N–H and O–H groups in total. The van der Waals surface area contributed by atoms with E-state index in [1.54, 1.807) is 12.1 Å². The van der Waals surface area contributed by atoms with Crippen LogP contribution in [0.2, 0.25) is 0 Å². The second-order valence-electron chi connectivity index (χ2n) is 7.40. The van der Waals surface area contributed by atoms with Crippen LogP contribution in [-0.2, 0) is 10.1 Å². The smallest absolute Gasteiger partial charge is 0.295 e. The van der Waals surface area contributed by atoms with Gasteiger partial charge in [-0.3, -0.25) is 4.55 Å². The van der Waals surface area contributed by atoms with E-state index in [1.807, 2.05) is 19.1 Å². The molecule has 4 aromatic rings. The zero-order valence-corrected chi connectivity index (χ0v) is 16.9. The van der Waals surface area contributed by atoms with Crippen molar-refractivity contribution in [2.24, 2.45) is 5.73 Å². The van der Waals surface area contributed by atoms with Crippen LogP contribution in [0.1, 0.15) is 24.0 Å². The van der Waals surface area contributed by atoms with Gasteiger partial charge in [-0.15, -0.1) is 0 Å². The van der Waals surface area contributed by atoms with Gasteiger partial charge in [0.15, 0.2) is 0 Å². The van der Waals surface area contributed by atoms with Crippen molar-refractivity contribution in [1.29, 1.82) is 0 Å². The number of anilines is 1. The molecule has 0 saturated heterocycles. The van der Waals surface area contributed by atoms with Gasteiger partial charge in [-0.25, -0.2) is 0 Å². The van der Waals surface area contributed by atoms with E-state index in [4.69, 9.17) is 5.73 Å². The van der Waals surface area contributed by atoms with E-state index in [0.717, 1.165) is 63.1 Å². The highest BCUT2D eigenvalue weighted by molar-refractivity contribution is 7.86. The first-order valence-corrected chi connectivity index (χ1v) is 10.9. The van der Waals surface area contributed by atoms with Crippen molar-refractivity contribution in [3.63, 3.8) is 0 Å². The lowest BCUT2D eigenvalue weighted by Gasteiger charge is -2.19. The summed E-state index contributed by atoms with van der Waals surface area (Å²) in [6, 6.07) is 11.6. The van der Waals surface area contributed by atoms with Crippen molar-refractivity contribution in [3.8, 4) is 0 Å². The van der Waals surface area contributed by atoms with E-state index in [2.05, 4.69) is 24.4 Å². The SMILES string of the molecule is Cc1cc(NCCCCN)c2ccc3c(S(=O)(=O)O)cc(C)c4ccc1c2c43. The molecule has 0 radical (unpaired) electrons. The molecule has 5 nitrogen and oxygen atoms in total. The van der Waals surface area contributed by atoms with E-state index in [-0.39, 0.29) is 4.90 Å². The first-order valence-electron chi connectivity index (χ1n) is 9.46. The van der Waals surface area contributed by atoms with Crippen LogP contribution in [0.25, 0.3) is 32.3 Å². The molecule has 0 spiro atoms. The van der Waals surface area contributed by atoms with Crippen molar-refractivity contribution in [3.05, 3.63) is 47.5 Å². The standard InChI is InChI=1S/C22H24N2O3S/c1-13-11-19(24-10-4-3-9-23)17-7-8-18-20(28(25,26)27)12-14(2)16-6-5-15(13)21(17)22(16)18/h5-8,11-12,24H,3-4,9-10,23H2,1-2H3,(H,25,26,27). The molecule has 4 aromatic carbocycles. The number of nitrogens with two attached hydrogens (primary N) is 1. The molecule has 0 fully saturated rings. The lowest BCUT2D eigenvalue weighted by Crippen LogP contribution is -2.06. The molecule has 0 unspecified atom stereocenters. The number of nitrogens with one attached hydrogen (secondary N) is 1. The zero-order chi connectivity index (χ0) is 20.1. The normalized spacial score (nSPS) is 12.4. The van der Waals surface area contributed by atoms with Gasteiger partial charge in [0.2, 0.25) is 0 Å². The monoisotopic (exact) mass is 396 g/mol. The molecular formula is C22H24N2O3S. The molecule has 6 heteroatoms. The number of benzene rings is 4. The van der Waals surface area contributed by atoms with Crippen molar-refractivity contribution in [2.75, 3.05) is 18.4 Å². The van der Waals surface area contributed by atoms with Gasteiger partial charge in [0.05, 0.1) is 0 Å². The fraction of sp³-hybridized carbons (Fsp3) is 0.273. The second kappa shape index (κ2) is 6.88. The number of unbranched alkanes of at least 4 members (excludes halogenated alkanes) is 1. The summed E-state index contributed by atoms with van der Waals surface area (Å²) in [7, 11) is -4.32. The lowest BCUT2D eigenvalue weighted by molar-refractivity contribution is 0.484. The summed E-state index contributed by atoms with van der Waals surface area (Å²) >= 11 is 0. The Kier molecular flexibility index (Phi) is 4.65. The molecule has 146 valence electrons. The minimum absolute atomic E-state index is 0.0362. The van der Waals surface area contributed by atoms with Crippen molar-refractivity contribution >= 4 is 48.1 Å². The summed E-state index contributed by atoms with van der Waals surface area (Å²) in [6.07, 6.45) is 1.96. The summed E-state index contributed by atoms with van der Waals surface area (Å²) < 4.78 is 33.8. The van der Waals surface area contributed by atoms with Crippen molar-refractivity contribution in [2.45, 2.75) is 31.6 Å². The minimum atomic E-state index is -4.32. The van der Waals surface area contributed by atoms with Gasteiger partial charge in [-0.05, 0) is 78.0 Å². The van der Waals surface area contributed by atoms with Gasteiger partial charge >= 0.3 is 0 Å². The molecule has 4 rings (SSSR count). The molecule has 0 aliphatic rings. The maximum atomic E-state index is 12.0. The summed E-state index contributed by atoms with van der Waals surface area (Å²) in [4.78, 5) is -0.0362. The summed E-state index contributed by atoms with van der Waals surface area (Å²) in [5.74, 6) is 0. The predicted molar refractivity (Wildman–Crippen MR) is 116 cm³/mol. The number of aryl methyl sites for hydroxylation is 2. The molecule has 0 aliphatic carbocycles. The Morgan fingerprint density at radius 2 is 1.46 bits per heavy atom. The highest BCUT2D eigenvalue weighted by Gasteiger charge is 2.21. The molecule has 0 saturated carbocycles. The molecule has 0 aromatic heterocycles. The highest BCUT2D eigenvalue weighted by atomic mass is 32.2. The third-order valence-corrected chi connectivity index (χ3v) is 6.39. The van der Waals surface area contributed by atoms with E-state index in [1.165, 1.54) is 0 Å². The Labute approximate surface area is 164 Å². The van der Waals surface area contributed by atoms with E-state index in [0.29, 0.717) is 11.9 Å². The Bertz CT molecular complexity index is 1300. The van der Waals surface area contributed by atoms with E-state index < -0.39 is 10.1 Å². The van der Waals surface area contributed by atoms with Crippen LogP contribution in [0.15, 0.2) is 41.3 Å². The van der Waals surface area contributed by atoms with Gasteiger partial charge in [0, 0.05) is 23.0 Å². The van der Waals surface area contributed by atoms with Crippen LogP contribution in [0.5, 0.6) is 0 Å². The Morgan fingerprint density at radius 3 is 2.11 bits per heavy atom. The topological polar surface area (TPSA) is 92.4 Å². The molecule has 28 heavy (non-hydrogen) atoms. The number of rotatable bonds is 6. The molecule has 0 amide bonds. The quantitative estimate of drug-likeness (QED) is 0.252. The van der Waals surface area contributed by atoms with Gasteiger partial charge in [0.1, 0.15) is 4.90 Å². The first kappa shape index (κ1) is 18.9. The predicted octanol–water partition coefficient (Wildman–Crippen LogP) is 4.60. The minimum Gasteiger partial charge on any atom is -0.385 e. The third-order valence-electron chi connectivity index (χ3n) is 5.50. The van der Waals surface area contributed by atoms with Crippen LogP contribution < -0.4 is 11.1 Å². The van der Waals surface area contributed by atoms with Crippen LogP contribution in [-0.4, -0.2) is 26.1 Å². The average Bonchev–Trinajstić information content (AvgIpc) is 2.65. The fourth-order valence-electron chi connectivity index (χ4n) is 4.16. The van der Waals surface area contributed by atoms with Crippen molar-refractivity contribution in [1.82, 2.24) is 0 Å². The molecular weight excluding hydrogens is 372 g/mol.